The minimum Gasteiger partial charge on any atom is -0.480 e. The summed E-state index contributed by atoms with van der Waals surface area (Å²) in [6, 6.07) is 15.3. The minimum absolute atomic E-state index is 0.104. The van der Waals surface area contributed by atoms with E-state index < -0.39 is 36.0 Å². The Hall–Kier alpha value is -3.19. The van der Waals surface area contributed by atoms with E-state index in [1.807, 2.05) is 50.2 Å². The second-order valence-electron chi connectivity index (χ2n) is 8.02. The predicted octanol–water partition coefficient (Wildman–Crippen LogP) is 2.50. The van der Waals surface area contributed by atoms with Gasteiger partial charge in [-0.25, -0.2) is 4.79 Å². The number of carboxylic acid groups (broad SMARTS) is 2. The summed E-state index contributed by atoms with van der Waals surface area (Å²) in [4.78, 5) is 36.5. The van der Waals surface area contributed by atoms with Crippen molar-refractivity contribution in [3.8, 4) is 0 Å². The summed E-state index contributed by atoms with van der Waals surface area (Å²) in [5.74, 6) is -2.62. The highest BCUT2D eigenvalue weighted by molar-refractivity contribution is 5.87. The third kappa shape index (κ3) is 8.22. The number of benzene rings is 2. The molecular formula is C24H30N2O5. The lowest BCUT2D eigenvalue weighted by Gasteiger charge is -2.26. The maximum Gasteiger partial charge on any atom is 0.326 e. The number of carboxylic acids is 2. The quantitative estimate of drug-likeness (QED) is 0.414. The molecule has 0 aliphatic carbocycles. The van der Waals surface area contributed by atoms with Gasteiger partial charge in [0.25, 0.3) is 0 Å². The summed E-state index contributed by atoms with van der Waals surface area (Å²) in [7, 11) is 0. The van der Waals surface area contributed by atoms with Gasteiger partial charge < -0.3 is 15.5 Å². The summed E-state index contributed by atoms with van der Waals surface area (Å²) < 4.78 is 0. The van der Waals surface area contributed by atoms with Gasteiger partial charge in [0.1, 0.15) is 12.1 Å². The van der Waals surface area contributed by atoms with Gasteiger partial charge in [-0.2, -0.15) is 0 Å². The molecule has 0 saturated carbocycles. The highest BCUT2D eigenvalue weighted by Gasteiger charge is 2.30. The molecule has 0 saturated heterocycles. The molecule has 7 heteroatoms. The lowest BCUT2D eigenvalue weighted by molar-refractivity contribution is -0.143. The van der Waals surface area contributed by atoms with Gasteiger partial charge in [0.2, 0.25) is 5.91 Å². The molecule has 0 bridgehead atoms. The molecule has 0 aliphatic rings. The smallest absolute Gasteiger partial charge is 0.326 e. The first kappa shape index (κ1) is 24.1. The van der Waals surface area contributed by atoms with E-state index in [1.54, 1.807) is 24.3 Å². The molecule has 0 aromatic heterocycles. The van der Waals surface area contributed by atoms with Gasteiger partial charge in [0.05, 0.1) is 6.04 Å². The van der Waals surface area contributed by atoms with Crippen LogP contribution in [-0.4, -0.2) is 46.2 Å². The monoisotopic (exact) mass is 426 g/mol. The van der Waals surface area contributed by atoms with Crippen LogP contribution in [0.5, 0.6) is 0 Å². The normalized spacial score (nSPS) is 13.9. The molecule has 0 aliphatic heterocycles. The molecule has 4 N–H and O–H groups in total. The zero-order valence-corrected chi connectivity index (χ0v) is 17.8. The average Bonchev–Trinajstić information content (AvgIpc) is 2.73. The highest BCUT2D eigenvalue weighted by atomic mass is 16.4. The Bertz CT molecular complexity index is 855. The first-order chi connectivity index (χ1) is 14.8. The molecule has 0 radical (unpaired) electrons. The molecular weight excluding hydrogens is 396 g/mol. The molecule has 0 fully saturated rings. The van der Waals surface area contributed by atoms with Crippen molar-refractivity contribution in [3.05, 3.63) is 71.8 Å². The summed E-state index contributed by atoms with van der Waals surface area (Å²) in [6.07, 6.45) is 0.731. The number of nitrogens with one attached hydrogen (secondary N) is 2. The van der Waals surface area contributed by atoms with E-state index in [4.69, 9.17) is 0 Å². The van der Waals surface area contributed by atoms with E-state index in [0.717, 1.165) is 11.1 Å². The highest BCUT2D eigenvalue weighted by Crippen LogP contribution is 2.11. The minimum atomic E-state index is -1.14. The standard InChI is InChI=1S/C24H30N2O5/c1-16(2)13-19(25-20(23(28)29)14-17-9-5-3-6-10-17)22(27)26-21(24(30)31)15-18-11-7-4-8-12-18/h3-12,16,19-21,25H,13-15H2,1-2H3,(H,26,27)(H,28,29)(H,30,31)/t19-,20?,21-/m0/s1. The van der Waals surface area contributed by atoms with Crippen LogP contribution in [0.2, 0.25) is 0 Å². The van der Waals surface area contributed by atoms with Gasteiger partial charge in [0, 0.05) is 6.42 Å². The van der Waals surface area contributed by atoms with Crippen molar-refractivity contribution in [2.45, 2.75) is 51.2 Å². The topological polar surface area (TPSA) is 116 Å². The maximum atomic E-state index is 13.0. The largest absolute Gasteiger partial charge is 0.480 e. The molecule has 31 heavy (non-hydrogen) atoms. The first-order valence-electron chi connectivity index (χ1n) is 10.4. The Labute approximate surface area is 182 Å². The van der Waals surface area contributed by atoms with Crippen molar-refractivity contribution in [2.24, 2.45) is 5.92 Å². The summed E-state index contributed by atoms with van der Waals surface area (Å²) in [5.41, 5.74) is 1.62. The Morgan fingerprint density at radius 1 is 0.742 bits per heavy atom. The van der Waals surface area contributed by atoms with Crippen molar-refractivity contribution in [1.82, 2.24) is 10.6 Å². The maximum absolute atomic E-state index is 13.0. The molecule has 2 aromatic rings. The molecule has 166 valence electrons. The molecule has 7 nitrogen and oxygen atoms in total. The fraction of sp³-hybridized carbons (Fsp3) is 0.375. The van der Waals surface area contributed by atoms with E-state index in [-0.39, 0.29) is 18.8 Å². The second-order valence-corrected chi connectivity index (χ2v) is 8.02. The Balaban J connectivity index is 2.13. The summed E-state index contributed by atoms with van der Waals surface area (Å²) >= 11 is 0. The number of aliphatic carboxylic acids is 2. The van der Waals surface area contributed by atoms with Gasteiger partial charge in [-0.05, 0) is 29.9 Å². The van der Waals surface area contributed by atoms with Gasteiger partial charge in [-0.3, -0.25) is 14.9 Å². The molecule has 3 atom stereocenters. The van der Waals surface area contributed by atoms with Crippen LogP contribution in [0.3, 0.4) is 0 Å². The van der Waals surface area contributed by atoms with Crippen LogP contribution in [0.4, 0.5) is 0 Å². The van der Waals surface area contributed by atoms with Crippen LogP contribution >= 0.6 is 0 Å². The van der Waals surface area contributed by atoms with Crippen molar-refractivity contribution < 1.29 is 24.6 Å². The number of carbonyl (C=O) groups excluding carboxylic acids is 1. The lowest BCUT2D eigenvalue weighted by atomic mass is 9.99. The van der Waals surface area contributed by atoms with Crippen molar-refractivity contribution in [3.63, 3.8) is 0 Å². The van der Waals surface area contributed by atoms with Gasteiger partial charge >= 0.3 is 11.9 Å². The summed E-state index contributed by atoms with van der Waals surface area (Å²) in [6.45, 7) is 3.85. The SMILES string of the molecule is CC(C)C[C@H](NC(Cc1ccccc1)C(=O)O)C(=O)N[C@@H](Cc1ccccc1)C(=O)O. The lowest BCUT2D eigenvalue weighted by Crippen LogP contribution is -2.55. The number of hydrogen-bond acceptors (Lipinski definition) is 4. The van der Waals surface area contributed by atoms with Crippen LogP contribution in [0.15, 0.2) is 60.7 Å². The average molecular weight is 427 g/mol. The van der Waals surface area contributed by atoms with E-state index in [0.29, 0.717) is 6.42 Å². The van der Waals surface area contributed by atoms with Crippen LogP contribution < -0.4 is 10.6 Å². The van der Waals surface area contributed by atoms with E-state index in [1.165, 1.54) is 0 Å². The van der Waals surface area contributed by atoms with Crippen LogP contribution in [0, 0.1) is 5.92 Å². The molecule has 0 heterocycles. The third-order valence-electron chi connectivity index (χ3n) is 4.90. The van der Waals surface area contributed by atoms with Crippen LogP contribution in [0.25, 0.3) is 0 Å². The zero-order valence-electron chi connectivity index (χ0n) is 17.8. The van der Waals surface area contributed by atoms with E-state index in [9.17, 15) is 24.6 Å². The van der Waals surface area contributed by atoms with Gasteiger partial charge in [-0.15, -0.1) is 0 Å². The Morgan fingerprint density at radius 2 is 1.19 bits per heavy atom. The fourth-order valence-corrected chi connectivity index (χ4v) is 3.35. The Kier molecular flexibility index (Phi) is 9.21. The van der Waals surface area contributed by atoms with E-state index in [2.05, 4.69) is 10.6 Å². The first-order valence-corrected chi connectivity index (χ1v) is 10.4. The van der Waals surface area contributed by atoms with Crippen LogP contribution in [-0.2, 0) is 27.2 Å². The summed E-state index contributed by atoms with van der Waals surface area (Å²) in [5, 5.41) is 24.8. The van der Waals surface area contributed by atoms with E-state index >= 15 is 0 Å². The Morgan fingerprint density at radius 3 is 1.61 bits per heavy atom. The predicted molar refractivity (Wildman–Crippen MR) is 118 cm³/mol. The number of amides is 1. The molecule has 0 spiro atoms. The van der Waals surface area contributed by atoms with Crippen molar-refractivity contribution in [1.29, 1.82) is 0 Å². The fourth-order valence-electron chi connectivity index (χ4n) is 3.35. The number of carbonyl (C=O) groups is 3. The molecule has 1 unspecified atom stereocenters. The van der Waals surface area contributed by atoms with Crippen molar-refractivity contribution in [2.75, 3.05) is 0 Å². The number of hydrogen-bond donors (Lipinski definition) is 4. The molecule has 1 amide bonds. The third-order valence-corrected chi connectivity index (χ3v) is 4.90. The number of rotatable bonds is 12. The van der Waals surface area contributed by atoms with Gasteiger partial charge in [-0.1, -0.05) is 74.5 Å². The zero-order chi connectivity index (χ0) is 22.8. The molecule has 2 rings (SSSR count). The second kappa shape index (κ2) is 11.9. The van der Waals surface area contributed by atoms with Gasteiger partial charge in [0.15, 0.2) is 0 Å². The molecule has 2 aromatic carbocycles. The van der Waals surface area contributed by atoms with Crippen molar-refractivity contribution >= 4 is 17.8 Å². The van der Waals surface area contributed by atoms with Crippen LogP contribution in [0.1, 0.15) is 31.4 Å².